The van der Waals surface area contributed by atoms with Crippen LogP contribution in [0.3, 0.4) is 0 Å². The Labute approximate surface area is 115 Å². The Morgan fingerprint density at radius 2 is 1.95 bits per heavy atom. The Bertz CT molecular complexity index is 632. The lowest BCUT2D eigenvalue weighted by Crippen LogP contribution is -2.03. The van der Waals surface area contributed by atoms with Crippen LogP contribution in [0.15, 0.2) is 36.4 Å². The summed E-state index contributed by atoms with van der Waals surface area (Å²) in [5.41, 5.74) is 8.19. The number of halogens is 2. The number of nitrogens with two attached hydrogens (primary N) is 1. The van der Waals surface area contributed by atoms with Crippen molar-refractivity contribution in [1.29, 1.82) is 5.26 Å². The number of nitrogens with zero attached hydrogens (tertiary/aromatic N) is 1. The van der Waals surface area contributed by atoms with E-state index in [4.69, 9.17) is 22.6 Å². The molecule has 0 saturated heterocycles. The molecule has 5 heteroatoms. The zero-order chi connectivity index (χ0) is 13.8. The molecule has 3 N–H and O–H groups in total. The van der Waals surface area contributed by atoms with Gasteiger partial charge in [0.2, 0.25) is 0 Å². The van der Waals surface area contributed by atoms with Crippen molar-refractivity contribution in [2.24, 2.45) is 0 Å². The molecule has 2 aromatic carbocycles. The average molecular weight is 276 g/mol. The molecule has 2 aromatic rings. The summed E-state index contributed by atoms with van der Waals surface area (Å²) in [6.45, 7) is 0.483. The van der Waals surface area contributed by atoms with Crippen molar-refractivity contribution in [3.8, 4) is 6.07 Å². The number of rotatable bonds is 3. The number of nitrogen functional groups attached to an aromatic ring is 1. The molecule has 0 saturated carbocycles. The molecule has 0 unspecified atom stereocenters. The van der Waals surface area contributed by atoms with Crippen molar-refractivity contribution in [1.82, 2.24) is 0 Å². The Kier molecular flexibility index (Phi) is 3.88. The maximum Gasteiger partial charge on any atom is 0.143 e. The van der Waals surface area contributed by atoms with Gasteiger partial charge in [-0.1, -0.05) is 23.7 Å². The van der Waals surface area contributed by atoms with E-state index >= 15 is 0 Å². The molecule has 0 aromatic heterocycles. The van der Waals surface area contributed by atoms with Gasteiger partial charge in [-0.15, -0.1) is 0 Å². The summed E-state index contributed by atoms with van der Waals surface area (Å²) >= 11 is 5.62. The summed E-state index contributed by atoms with van der Waals surface area (Å²) < 4.78 is 13.3. The lowest BCUT2D eigenvalue weighted by molar-refractivity contribution is 0.629. The summed E-state index contributed by atoms with van der Waals surface area (Å²) in [7, 11) is 0. The third kappa shape index (κ3) is 3.15. The van der Waals surface area contributed by atoms with E-state index in [1.807, 2.05) is 18.2 Å². The smallest absolute Gasteiger partial charge is 0.143 e. The molecule has 0 aliphatic heterocycles. The fourth-order valence-corrected chi connectivity index (χ4v) is 1.78. The van der Waals surface area contributed by atoms with Gasteiger partial charge in [-0.25, -0.2) is 4.39 Å². The van der Waals surface area contributed by atoms with Gasteiger partial charge in [0, 0.05) is 12.6 Å². The van der Waals surface area contributed by atoms with Crippen molar-refractivity contribution >= 4 is 23.0 Å². The van der Waals surface area contributed by atoms with Gasteiger partial charge in [-0.2, -0.15) is 5.26 Å². The van der Waals surface area contributed by atoms with E-state index in [0.29, 0.717) is 23.5 Å². The van der Waals surface area contributed by atoms with Crippen LogP contribution < -0.4 is 11.1 Å². The SMILES string of the molecule is N#Cc1ccc(CNc2cc(F)c(Cl)cc2N)cc1. The van der Waals surface area contributed by atoms with Gasteiger partial charge < -0.3 is 11.1 Å². The van der Waals surface area contributed by atoms with Gasteiger partial charge >= 0.3 is 0 Å². The average Bonchev–Trinajstić information content (AvgIpc) is 2.42. The molecule has 96 valence electrons. The molecule has 0 aliphatic carbocycles. The monoisotopic (exact) mass is 275 g/mol. The second-order valence-corrected chi connectivity index (χ2v) is 4.42. The molecule has 3 nitrogen and oxygen atoms in total. The standard InChI is InChI=1S/C14H11ClFN3/c15-11-5-13(18)14(6-12(11)16)19-8-10-3-1-9(7-17)2-4-10/h1-6,19H,8,18H2. The van der Waals surface area contributed by atoms with Gasteiger partial charge in [0.25, 0.3) is 0 Å². The highest BCUT2D eigenvalue weighted by Gasteiger charge is 2.06. The van der Waals surface area contributed by atoms with Crippen LogP contribution in [-0.4, -0.2) is 0 Å². The maximum atomic E-state index is 13.3. The van der Waals surface area contributed by atoms with E-state index in [0.717, 1.165) is 5.56 Å². The first-order valence-electron chi connectivity index (χ1n) is 5.57. The lowest BCUT2D eigenvalue weighted by Gasteiger charge is -2.10. The summed E-state index contributed by atoms with van der Waals surface area (Å²) in [5, 5.41) is 11.7. The quantitative estimate of drug-likeness (QED) is 0.842. The van der Waals surface area contributed by atoms with Crippen LogP contribution in [0.2, 0.25) is 5.02 Å². The molecule has 0 atom stereocenters. The van der Waals surface area contributed by atoms with E-state index in [-0.39, 0.29) is 5.02 Å². The number of anilines is 2. The Morgan fingerprint density at radius 1 is 1.26 bits per heavy atom. The van der Waals surface area contributed by atoms with Crippen LogP contribution in [0.5, 0.6) is 0 Å². The molecular weight excluding hydrogens is 265 g/mol. The minimum atomic E-state index is -0.516. The van der Waals surface area contributed by atoms with Gasteiger partial charge in [-0.05, 0) is 23.8 Å². The van der Waals surface area contributed by atoms with E-state index in [1.165, 1.54) is 12.1 Å². The lowest BCUT2D eigenvalue weighted by atomic mass is 10.1. The first-order valence-corrected chi connectivity index (χ1v) is 5.95. The van der Waals surface area contributed by atoms with Gasteiger partial charge in [0.1, 0.15) is 5.82 Å². The highest BCUT2D eigenvalue weighted by atomic mass is 35.5. The highest BCUT2D eigenvalue weighted by molar-refractivity contribution is 6.31. The van der Waals surface area contributed by atoms with E-state index < -0.39 is 5.82 Å². The third-order valence-electron chi connectivity index (χ3n) is 2.66. The molecule has 0 fully saturated rings. The number of nitrogens with one attached hydrogen (secondary N) is 1. The van der Waals surface area contributed by atoms with Gasteiger partial charge in [0.05, 0.1) is 28.0 Å². The molecule has 0 amide bonds. The van der Waals surface area contributed by atoms with Crippen molar-refractivity contribution in [2.75, 3.05) is 11.1 Å². The summed E-state index contributed by atoms with van der Waals surface area (Å²) in [6, 6.07) is 11.8. The second-order valence-electron chi connectivity index (χ2n) is 4.02. The Morgan fingerprint density at radius 3 is 2.58 bits per heavy atom. The van der Waals surface area contributed by atoms with Gasteiger partial charge in [-0.3, -0.25) is 0 Å². The molecule has 0 spiro atoms. The number of hydrogen-bond donors (Lipinski definition) is 2. The van der Waals surface area contributed by atoms with Crippen LogP contribution in [0.1, 0.15) is 11.1 Å². The molecule has 0 bridgehead atoms. The summed E-state index contributed by atoms with van der Waals surface area (Å²) in [5.74, 6) is -0.516. The fraction of sp³-hybridized carbons (Fsp3) is 0.0714. The Balaban J connectivity index is 2.10. The molecular formula is C14H11ClFN3. The number of nitriles is 1. The van der Waals surface area contributed by atoms with Crippen LogP contribution in [-0.2, 0) is 6.54 Å². The zero-order valence-electron chi connectivity index (χ0n) is 9.95. The molecule has 0 aliphatic rings. The highest BCUT2D eigenvalue weighted by Crippen LogP contribution is 2.26. The third-order valence-corrected chi connectivity index (χ3v) is 2.95. The minimum Gasteiger partial charge on any atom is -0.397 e. The van der Waals surface area contributed by atoms with Crippen LogP contribution >= 0.6 is 11.6 Å². The maximum absolute atomic E-state index is 13.3. The van der Waals surface area contributed by atoms with Crippen LogP contribution in [0.4, 0.5) is 15.8 Å². The zero-order valence-corrected chi connectivity index (χ0v) is 10.7. The summed E-state index contributed by atoms with van der Waals surface area (Å²) in [6.07, 6.45) is 0. The fourth-order valence-electron chi connectivity index (χ4n) is 1.61. The molecule has 0 radical (unpaired) electrons. The normalized spacial score (nSPS) is 9.95. The summed E-state index contributed by atoms with van der Waals surface area (Å²) in [4.78, 5) is 0. The predicted molar refractivity (Wildman–Crippen MR) is 74.3 cm³/mol. The van der Waals surface area contributed by atoms with Crippen LogP contribution in [0.25, 0.3) is 0 Å². The second kappa shape index (κ2) is 5.59. The van der Waals surface area contributed by atoms with E-state index in [9.17, 15) is 4.39 Å². The molecule has 19 heavy (non-hydrogen) atoms. The topological polar surface area (TPSA) is 61.8 Å². The van der Waals surface area contributed by atoms with E-state index in [2.05, 4.69) is 5.32 Å². The molecule has 2 rings (SSSR count). The molecule has 0 heterocycles. The van der Waals surface area contributed by atoms with Crippen LogP contribution in [0, 0.1) is 17.1 Å². The minimum absolute atomic E-state index is 0.00132. The van der Waals surface area contributed by atoms with E-state index in [1.54, 1.807) is 12.1 Å². The van der Waals surface area contributed by atoms with Crippen molar-refractivity contribution in [3.63, 3.8) is 0 Å². The van der Waals surface area contributed by atoms with Gasteiger partial charge in [0.15, 0.2) is 0 Å². The van der Waals surface area contributed by atoms with Crippen molar-refractivity contribution in [2.45, 2.75) is 6.54 Å². The Hall–Kier alpha value is -2.25. The largest absolute Gasteiger partial charge is 0.397 e. The van der Waals surface area contributed by atoms with Crippen molar-refractivity contribution in [3.05, 3.63) is 58.4 Å². The predicted octanol–water partition coefficient (Wildman–Crippen LogP) is 3.55. The van der Waals surface area contributed by atoms with Crippen molar-refractivity contribution < 1.29 is 4.39 Å². The first kappa shape index (κ1) is 13.2. The number of benzene rings is 2. The first-order chi connectivity index (χ1) is 9.10. The number of hydrogen-bond acceptors (Lipinski definition) is 3.